The van der Waals surface area contributed by atoms with Crippen LogP contribution in [0.1, 0.15) is 91.4 Å². The molecule has 0 aliphatic carbocycles. The fourth-order valence-electron chi connectivity index (χ4n) is 2.45. The van der Waals surface area contributed by atoms with E-state index in [1.54, 1.807) is 0 Å². The minimum Gasteiger partial charge on any atom is -0.479 e. The standard InChI is InChI=1S/C18H36O3/c1-4-5-6-12-15-21-17(18(19)20)14-11-9-7-8-10-13-16(2)3/h16-17H,4-15H2,1-3H3,(H,19,20). The summed E-state index contributed by atoms with van der Waals surface area (Å²) in [7, 11) is 0. The van der Waals surface area contributed by atoms with Crippen molar-refractivity contribution in [1.82, 2.24) is 0 Å². The molecule has 126 valence electrons. The summed E-state index contributed by atoms with van der Waals surface area (Å²) >= 11 is 0. The molecule has 3 heteroatoms. The quantitative estimate of drug-likeness (QED) is 0.411. The molecule has 0 saturated carbocycles. The van der Waals surface area contributed by atoms with Crippen molar-refractivity contribution in [3.63, 3.8) is 0 Å². The maximum atomic E-state index is 11.1. The van der Waals surface area contributed by atoms with Gasteiger partial charge in [-0.05, 0) is 18.8 Å². The molecule has 0 heterocycles. The van der Waals surface area contributed by atoms with Gasteiger partial charge < -0.3 is 9.84 Å². The Balaban J connectivity index is 3.54. The predicted octanol–water partition coefficient (Wildman–Crippen LogP) is 5.42. The first kappa shape index (κ1) is 20.4. The molecule has 0 saturated heterocycles. The van der Waals surface area contributed by atoms with Gasteiger partial charge in [-0.15, -0.1) is 0 Å². The lowest BCUT2D eigenvalue weighted by molar-refractivity contribution is -0.151. The van der Waals surface area contributed by atoms with E-state index in [0.29, 0.717) is 13.0 Å². The maximum Gasteiger partial charge on any atom is 0.332 e. The van der Waals surface area contributed by atoms with E-state index in [1.165, 1.54) is 38.5 Å². The zero-order chi connectivity index (χ0) is 15.9. The zero-order valence-electron chi connectivity index (χ0n) is 14.4. The van der Waals surface area contributed by atoms with Crippen molar-refractivity contribution in [2.45, 2.75) is 97.5 Å². The third-order valence-corrected chi connectivity index (χ3v) is 3.84. The number of hydrogen-bond donors (Lipinski definition) is 1. The molecule has 21 heavy (non-hydrogen) atoms. The Labute approximate surface area is 131 Å². The molecule has 0 rings (SSSR count). The van der Waals surface area contributed by atoms with Gasteiger partial charge in [-0.2, -0.15) is 0 Å². The molecule has 0 aromatic rings. The van der Waals surface area contributed by atoms with Crippen molar-refractivity contribution >= 4 is 5.97 Å². The summed E-state index contributed by atoms with van der Waals surface area (Å²) in [6.07, 6.45) is 11.8. The van der Waals surface area contributed by atoms with Crippen LogP contribution in [-0.4, -0.2) is 23.8 Å². The molecule has 0 aliphatic heterocycles. The van der Waals surface area contributed by atoms with Crippen LogP contribution in [0.3, 0.4) is 0 Å². The second kappa shape index (κ2) is 14.4. The van der Waals surface area contributed by atoms with E-state index in [2.05, 4.69) is 20.8 Å². The SMILES string of the molecule is CCCCCCOC(CCCCCCCC(C)C)C(=O)O. The Kier molecular flexibility index (Phi) is 14.0. The minimum atomic E-state index is -0.801. The Morgan fingerprint density at radius 1 is 0.905 bits per heavy atom. The van der Waals surface area contributed by atoms with E-state index < -0.39 is 12.1 Å². The smallest absolute Gasteiger partial charge is 0.332 e. The maximum absolute atomic E-state index is 11.1. The van der Waals surface area contributed by atoms with Gasteiger partial charge in [0.15, 0.2) is 6.10 Å². The second-order valence-corrected chi connectivity index (χ2v) is 6.50. The van der Waals surface area contributed by atoms with Gasteiger partial charge in [0.25, 0.3) is 0 Å². The third-order valence-electron chi connectivity index (χ3n) is 3.84. The average molecular weight is 300 g/mol. The zero-order valence-corrected chi connectivity index (χ0v) is 14.4. The Hall–Kier alpha value is -0.570. The number of hydrogen-bond acceptors (Lipinski definition) is 2. The van der Waals surface area contributed by atoms with Crippen molar-refractivity contribution in [2.75, 3.05) is 6.61 Å². The van der Waals surface area contributed by atoms with E-state index in [4.69, 9.17) is 9.84 Å². The van der Waals surface area contributed by atoms with E-state index in [0.717, 1.165) is 31.6 Å². The van der Waals surface area contributed by atoms with E-state index >= 15 is 0 Å². The number of ether oxygens (including phenoxy) is 1. The average Bonchev–Trinajstić information content (AvgIpc) is 2.43. The number of rotatable bonds is 15. The van der Waals surface area contributed by atoms with Gasteiger partial charge >= 0.3 is 5.97 Å². The van der Waals surface area contributed by atoms with E-state index in [1.807, 2.05) is 0 Å². The van der Waals surface area contributed by atoms with Crippen LogP contribution in [0.15, 0.2) is 0 Å². The minimum absolute atomic E-state index is 0.589. The van der Waals surface area contributed by atoms with Gasteiger partial charge in [0.1, 0.15) is 0 Å². The first-order chi connectivity index (χ1) is 10.1. The van der Waals surface area contributed by atoms with Gasteiger partial charge in [0, 0.05) is 6.61 Å². The Bertz CT molecular complexity index is 239. The van der Waals surface area contributed by atoms with Gasteiger partial charge in [-0.1, -0.05) is 78.6 Å². The fourth-order valence-corrected chi connectivity index (χ4v) is 2.45. The van der Waals surface area contributed by atoms with E-state index in [-0.39, 0.29) is 0 Å². The van der Waals surface area contributed by atoms with Crippen molar-refractivity contribution in [3.05, 3.63) is 0 Å². The highest BCUT2D eigenvalue weighted by atomic mass is 16.5. The molecule has 0 aromatic carbocycles. The van der Waals surface area contributed by atoms with Gasteiger partial charge in [-0.3, -0.25) is 0 Å². The lowest BCUT2D eigenvalue weighted by Crippen LogP contribution is -2.24. The van der Waals surface area contributed by atoms with E-state index in [9.17, 15) is 4.79 Å². The first-order valence-electron chi connectivity index (χ1n) is 8.92. The Morgan fingerprint density at radius 2 is 1.48 bits per heavy atom. The third kappa shape index (κ3) is 14.1. The molecule has 0 fully saturated rings. The number of carbonyl (C=O) groups is 1. The van der Waals surface area contributed by atoms with Crippen molar-refractivity contribution < 1.29 is 14.6 Å². The normalized spacial score (nSPS) is 12.8. The highest BCUT2D eigenvalue weighted by Crippen LogP contribution is 2.13. The summed E-state index contributed by atoms with van der Waals surface area (Å²) in [5.74, 6) is -0.00667. The summed E-state index contributed by atoms with van der Waals surface area (Å²) in [4.78, 5) is 11.1. The number of carboxylic acids is 1. The highest BCUT2D eigenvalue weighted by molar-refractivity contribution is 5.72. The molecule has 0 aromatic heterocycles. The van der Waals surface area contributed by atoms with Gasteiger partial charge in [0.2, 0.25) is 0 Å². The molecule has 0 amide bonds. The molecule has 1 unspecified atom stereocenters. The number of unbranched alkanes of at least 4 members (excludes halogenated alkanes) is 7. The second-order valence-electron chi connectivity index (χ2n) is 6.50. The molecule has 0 spiro atoms. The fraction of sp³-hybridized carbons (Fsp3) is 0.944. The van der Waals surface area contributed by atoms with Crippen molar-refractivity contribution in [2.24, 2.45) is 5.92 Å². The molecule has 1 N–H and O–H groups in total. The van der Waals surface area contributed by atoms with Crippen LogP contribution >= 0.6 is 0 Å². The van der Waals surface area contributed by atoms with Crippen LogP contribution in [0, 0.1) is 5.92 Å². The monoisotopic (exact) mass is 300 g/mol. The summed E-state index contributed by atoms with van der Waals surface area (Å²) in [6, 6.07) is 0. The summed E-state index contributed by atoms with van der Waals surface area (Å²) in [5.41, 5.74) is 0. The summed E-state index contributed by atoms with van der Waals surface area (Å²) in [6.45, 7) is 7.28. The van der Waals surface area contributed by atoms with Crippen LogP contribution in [0.2, 0.25) is 0 Å². The lowest BCUT2D eigenvalue weighted by Gasteiger charge is -2.13. The van der Waals surface area contributed by atoms with Gasteiger partial charge in [-0.25, -0.2) is 4.79 Å². The number of aliphatic carboxylic acids is 1. The van der Waals surface area contributed by atoms with Crippen LogP contribution in [0.5, 0.6) is 0 Å². The van der Waals surface area contributed by atoms with Crippen LogP contribution in [0.25, 0.3) is 0 Å². The molecule has 0 bridgehead atoms. The topological polar surface area (TPSA) is 46.5 Å². The molecule has 3 nitrogen and oxygen atoms in total. The summed E-state index contributed by atoms with van der Waals surface area (Å²) < 4.78 is 5.51. The first-order valence-corrected chi connectivity index (χ1v) is 8.92. The lowest BCUT2D eigenvalue weighted by atomic mass is 10.0. The van der Waals surface area contributed by atoms with Crippen molar-refractivity contribution in [1.29, 1.82) is 0 Å². The van der Waals surface area contributed by atoms with Crippen LogP contribution in [0.4, 0.5) is 0 Å². The molecular formula is C18H36O3. The largest absolute Gasteiger partial charge is 0.479 e. The Morgan fingerprint density at radius 3 is 2.05 bits per heavy atom. The molecule has 0 aliphatic rings. The molecule has 1 atom stereocenters. The molecular weight excluding hydrogens is 264 g/mol. The van der Waals surface area contributed by atoms with Crippen LogP contribution < -0.4 is 0 Å². The predicted molar refractivity (Wildman–Crippen MR) is 88.7 cm³/mol. The number of carboxylic acid groups (broad SMARTS) is 1. The van der Waals surface area contributed by atoms with Gasteiger partial charge in [0.05, 0.1) is 0 Å². The van der Waals surface area contributed by atoms with Crippen molar-refractivity contribution in [3.8, 4) is 0 Å². The summed E-state index contributed by atoms with van der Waals surface area (Å²) in [5, 5.41) is 9.15. The highest BCUT2D eigenvalue weighted by Gasteiger charge is 2.16. The van der Waals surface area contributed by atoms with Crippen LogP contribution in [-0.2, 0) is 9.53 Å². The molecule has 0 radical (unpaired) electrons.